The molecule has 8 nitrogen and oxygen atoms in total. The van der Waals surface area contributed by atoms with E-state index in [0.29, 0.717) is 32.0 Å². The summed E-state index contributed by atoms with van der Waals surface area (Å²) in [5, 5.41) is 14.8. The van der Waals surface area contributed by atoms with E-state index in [9.17, 15) is 14.4 Å². The number of aryl methyl sites for hydroxylation is 1. The molecule has 33 heavy (non-hydrogen) atoms. The number of hydrogen-bond donors (Lipinski definition) is 3. The largest absolute Gasteiger partial charge is 0.462 e. The van der Waals surface area contributed by atoms with Crippen molar-refractivity contribution in [2.45, 2.75) is 25.4 Å². The van der Waals surface area contributed by atoms with Crippen LogP contribution in [0.25, 0.3) is 11.1 Å². The Morgan fingerprint density at radius 3 is 2.67 bits per heavy atom. The fraction of sp³-hybridized carbons (Fsp3) is 0.273. The summed E-state index contributed by atoms with van der Waals surface area (Å²) in [7, 11) is 0. The number of aliphatic hydroxyl groups is 1. The number of nitrogens with one attached hydrogen (secondary N) is 2. The Hall–Kier alpha value is -2.66. The summed E-state index contributed by atoms with van der Waals surface area (Å²) in [5.74, 6) is -0.930. The number of aliphatic hydroxyl groups excluding tert-OH is 1. The molecule has 3 N–H and O–H groups in total. The number of rotatable bonds is 9. The number of hydrogen-bond acceptors (Lipinski definition) is 8. The lowest BCUT2D eigenvalue weighted by atomic mass is 10.0. The number of thiophene rings is 1. The minimum absolute atomic E-state index is 0.0296. The predicted octanol–water partition coefficient (Wildman–Crippen LogP) is 3.90. The lowest BCUT2D eigenvalue weighted by molar-refractivity contribution is -0.113. The molecular formula is C22H22ClN3O5S2. The number of nitrogens with zero attached hydrogens (tertiary/aromatic N) is 1. The highest BCUT2D eigenvalue weighted by atomic mass is 35.5. The number of anilines is 1. The predicted molar refractivity (Wildman–Crippen MR) is 130 cm³/mol. The van der Waals surface area contributed by atoms with E-state index < -0.39 is 5.97 Å². The first-order valence-corrected chi connectivity index (χ1v) is 12.3. The van der Waals surface area contributed by atoms with Gasteiger partial charge in [-0.2, -0.15) is 0 Å². The van der Waals surface area contributed by atoms with E-state index in [1.807, 2.05) is 0 Å². The molecule has 2 aromatic heterocycles. The molecule has 0 saturated heterocycles. The maximum Gasteiger partial charge on any atom is 0.341 e. The number of ether oxygens (including phenoxy) is 1. The van der Waals surface area contributed by atoms with Crippen molar-refractivity contribution in [1.82, 2.24) is 9.97 Å². The third kappa shape index (κ3) is 6.23. The van der Waals surface area contributed by atoms with Gasteiger partial charge in [-0.3, -0.25) is 9.59 Å². The van der Waals surface area contributed by atoms with Crippen LogP contribution in [0.2, 0.25) is 5.02 Å². The van der Waals surface area contributed by atoms with Gasteiger partial charge in [-0.05, 0) is 31.5 Å². The standard InChI is InChI=1S/C22H22ClN3O5S2/c1-3-31-21(30)18-16(13-4-6-14(23)7-5-13)10-32-20(18)25-17(28)11-33-22-24-12(2)15(8-9-27)19(29)26-22/h4-7,10,27H,3,8-9,11H2,1-2H3,(H,25,28)(H,24,26,29). The smallest absolute Gasteiger partial charge is 0.341 e. The molecular weight excluding hydrogens is 486 g/mol. The van der Waals surface area contributed by atoms with Gasteiger partial charge in [0.15, 0.2) is 5.16 Å². The molecule has 3 aromatic rings. The number of benzene rings is 1. The number of aromatic amines is 1. The molecule has 0 fully saturated rings. The Balaban J connectivity index is 1.77. The number of carbonyl (C=O) groups is 2. The molecule has 0 radical (unpaired) electrons. The molecule has 2 heterocycles. The van der Waals surface area contributed by atoms with Crippen LogP contribution in [-0.2, 0) is 16.0 Å². The van der Waals surface area contributed by atoms with Crippen molar-refractivity contribution in [2.75, 3.05) is 24.3 Å². The molecule has 0 aliphatic carbocycles. The number of amides is 1. The molecule has 0 saturated carbocycles. The topological polar surface area (TPSA) is 121 Å². The Bertz CT molecular complexity index is 1210. The average molecular weight is 508 g/mol. The van der Waals surface area contributed by atoms with Crippen molar-refractivity contribution >= 4 is 51.6 Å². The normalized spacial score (nSPS) is 10.8. The van der Waals surface area contributed by atoms with Gasteiger partial charge in [0.2, 0.25) is 5.91 Å². The fourth-order valence-corrected chi connectivity index (χ4v) is 4.86. The number of thioether (sulfide) groups is 1. The van der Waals surface area contributed by atoms with Crippen LogP contribution < -0.4 is 10.9 Å². The third-order valence-electron chi connectivity index (χ3n) is 4.58. The van der Waals surface area contributed by atoms with Crippen LogP contribution in [0.5, 0.6) is 0 Å². The highest BCUT2D eigenvalue weighted by Crippen LogP contribution is 2.36. The minimum atomic E-state index is -0.534. The molecule has 0 aliphatic rings. The second-order valence-electron chi connectivity index (χ2n) is 6.83. The lowest BCUT2D eigenvalue weighted by Gasteiger charge is -2.09. The highest BCUT2D eigenvalue weighted by molar-refractivity contribution is 7.99. The summed E-state index contributed by atoms with van der Waals surface area (Å²) in [6.45, 7) is 3.44. The highest BCUT2D eigenvalue weighted by Gasteiger charge is 2.23. The zero-order chi connectivity index (χ0) is 24.0. The van der Waals surface area contributed by atoms with Gasteiger partial charge in [0.1, 0.15) is 10.6 Å². The molecule has 0 aliphatic heterocycles. The maximum absolute atomic E-state index is 12.6. The van der Waals surface area contributed by atoms with Crippen LogP contribution in [-0.4, -0.2) is 45.9 Å². The lowest BCUT2D eigenvalue weighted by Crippen LogP contribution is -2.20. The Morgan fingerprint density at radius 2 is 2.03 bits per heavy atom. The Labute approximate surface area is 203 Å². The van der Waals surface area contributed by atoms with Gasteiger partial charge in [0, 0.05) is 40.3 Å². The van der Waals surface area contributed by atoms with Gasteiger partial charge in [-0.15, -0.1) is 11.3 Å². The Morgan fingerprint density at radius 1 is 1.30 bits per heavy atom. The van der Waals surface area contributed by atoms with Crippen molar-refractivity contribution in [2.24, 2.45) is 0 Å². The van der Waals surface area contributed by atoms with Gasteiger partial charge in [-0.1, -0.05) is 35.5 Å². The second-order valence-corrected chi connectivity index (χ2v) is 9.11. The molecule has 0 spiro atoms. The monoisotopic (exact) mass is 507 g/mol. The fourth-order valence-electron chi connectivity index (χ4n) is 3.05. The number of carbonyl (C=O) groups excluding carboxylic acids is 2. The first-order chi connectivity index (χ1) is 15.8. The van der Waals surface area contributed by atoms with Gasteiger partial charge in [0.25, 0.3) is 5.56 Å². The second kappa shape index (κ2) is 11.5. The first kappa shape index (κ1) is 25.0. The summed E-state index contributed by atoms with van der Waals surface area (Å²) in [6.07, 6.45) is 0.213. The van der Waals surface area contributed by atoms with Crippen LogP contribution >= 0.6 is 34.7 Å². The van der Waals surface area contributed by atoms with E-state index in [1.54, 1.807) is 43.5 Å². The molecule has 0 bridgehead atoms. The average Bonchev–Trinajstić information content (AvgIpc) is 3.19. The molecule has 11 heteroatoms. The van der Waals surface area contributed by atoms with Crippen molar-refractivity contribution < 1.29 is 19.4 Å². The molecule has 3 rings (SSSR count). The quantitative estimate of drug-likeness (QED) is 0.228. The number of halogens is 1. The maximum atomic E-state index is 12.6. The molecule has 0 unspecified atom stereocenters. The summed E-state index contributed by atoms with van der Waals surface area (Å²) in [6, 6.07) is 7.03. The van der Waals surface area contributed by atoms with Gasteiger partial charge in [-0.25, -0.2) is 9.78 Å². The van der Waals surface area contributed by atoms with E-state index in [0.717, 1.165) is 17.3 Å². The van der Waals surface area contributed by atoms with Crippen molar-refractivity contribution in [1.29, 1.82) is 0 Å². The molecule has 174 valence electrons. The number of H-pyrrole nitrogens is 1. The first-order valence-electron chi connectivity index (χ1n) is 10.0. The van der Waals surface area contributed by atoms with Crippen LogP contribution in [0, 0.1) is 6.92 Å². The van der Waals surface area contributed by atoms with Crippen LogP contribution in [0.15, 0.2) is 39.6 Å². The third-order valence-corrected chi connectivity index (χ3v) is 6.60. The van der Waals surface area contributed by atoms with Gasteiger partial charge in [0.05, 0.1) is 12.4 Å². The van der Waals surface area contributed by atoms with Crippen molar-refractivity contribution in [3.05, 3.63) is 61.8 Å². The molecule has 1 amide bonds. The summed E-state index contributed by atoms with van der Waals surface area (Å²) in [5.41, 5.74) is 2.27. The van der Waals surface area contributed by atoms with Gasteiger partial charge < -0.3 is 20.1 Å². The van der Waals surface area contributed by atoms with E-state index in [2.05, 4.69) is 15.3 Å². The summed E-state index contributed by atoms with van der Waals surface area (Å²) >= 11 is 8.25. The van der Waals surface area contributed by atoms with Crippen LogP contribution in [0.3, 0.4) is 0 Å². The number of esters is 1. The number of aromatic nitrogens is 2. The zero-order valence-corrected chi connectivity index (χ0v) is 20.3. The SMILES string of the molecule is CCOC(=O)c1c(-c2ccc(Cl)cc2)csc1NC(=O)CSc1nc(C)c(CCO)c(=O)[nH]1. The van der Waals surface area contributed by atoms with E-state index in [4.69, 9.17) is 21.4 Å². The van der Waals surface area contributed by atoms with Crippen molar-refractivity contribution in [3.8, 4) is 11.1 Å². The van der Waals surface area contributed by atoms with Crippen LogP contribution in [0.1, 0.15) is 28.5 Å². The van der Waals surface area contributed by atoms with Crippen molar-refractivity contribution in [3.63, 3.8) is 0 Å². The Kier molecular flexibility index (Phi) is 8.67. The molecule has 0 atom stereocenters. The van der Waals surface area contributed by atoms with Gasteiger partial charge >= 0.3 is 5.97 Å². The zero-order valence-electron chi connectivity index (χ0n) is 17.9. The minimum Gasteiger partial charge on any atom is -0.462 e. The van der Waals surface area contributed by atoms with E-state index in [-0.39, 0.29) is 42.4 Å². The van der Waals surface area contributed by atoms with E-state index in [1.165, 1.54) is 11.3 Å². The van der Waals surface area contributed by atoms with E-state index >= 15 is 0 Å². The summed E-state index contributed by atoms with van der Waals surface area (Å²) < 4.78 is 5.20. The van der Waals surface area contributed by atoms with Crippen LogP contribution in [0.4, 0.5) is 5.00 Å². The summed E-state index contributed by atoms with van der Waals surface area (Å²) in [4.78, 5) is 44.3. The molecule has 1 aromatic carbocycles.